The Labute approximate surface area is 174 Å². The molecule has 0 unspecified atom stereocenters. The predicted octanol–water partition coefficient (Wildman–Crippen LogP) is 6.20. The SMILES string of the molecule is O=C(Nc1cc(Cl)ccc1Cl)c1ccc(CN2CCCc3ccccc32)cc1. The molecule has 1 aliphatic rings. The lowest BCUT2D eigenvalue weighted by molar-refractivity contribution is 0.102. The third kappa shape index (κ3) is 4.16. The van der Waals surface area contributed by atoms with Crippen molar-refractivity contribution < 1.29 is 4.79 Å². The first kappa shape index (κ1) is 18.9. The molecule has 0 aliphatic carbocycles. The second kappa shape index (κ2) is 8.26. The average molecular weight is 411 g/mol. The lowest BCUT2D eigenvalue weighted by Gasteiger charge is -2.31. The lowest BCUT2D eigenvalue weighted by Crippen LogP contribution is -2.28. The van der Waals surface area contributed by atoms with Crippen LogP contribution in [0.25, 0.3) is 0 Å². The van der Waals surface area contributed by atoms with E-state index in [1.807, 2.05) is 24.3 Å². The zero-order valence-corrected chi connectivity index (χ0v) is 16.8. The molecule has 0 saturated carbocycles. The van der Waals surface area contributed by atoms with Gasteiger partial charge in [-0.2, -0.15) is 0 Å². The number of halogens is 2. The highest BCUT2D eigenvalue weighted by molar-refractivity contribution is 6.35. The van der Waals surface area contributed by atoms with Crippen LogP contribution in [-0.2, 0) is 13.0 Å². The average Bonchev–Trinajstić information content (AvgIpc) is 2.71. The van der Waals surface area contributed by atoms with Crippen molar-refractivity contribution in [2.75, 3.05) is 16.8 Å². The van der Waals surface area contributed by atoms with Crippen LogP contribution < -0.4 is 10.2 Å². The summed E-state index contributed by atoms with van der Waals surface area (Å²) in [5, 5.41) is 3.80. The zero-order chi connectivity index (χ0) is 19.5. The Morgan fingerprint density at radius 2 is 1.79 bits per heavy atom. The number of fused-ring (bicyclic) bond motifs is 1. The summed E-state index contributed by atoms with van der Waals surface area (Å²) in [6.07, 6.45) is 2.30. The zero-order valence-electron chi connectivity index (χ0n) is 15.3. The Balaban J connectivity index is 1.46. The van der Waals surface area contributed by atoms with Crippen molar-refractivity contribution in [2.24, 2.45) is 0 Å². The first-order chi connectivity index (χ1) is 13.6. The van der Waals surface area contributed by atoms with Gasteiger partial charge in [0.05, 0.1) is 10.7 Å². The van der Waals surface area contributed by atoms with Crippen molar-refractivity contribution in [2.45, 2.75) is 19.4 Å². The molecule has 1 N–H and O–H groups in total. The standard InChI is InChI=1S/C23H20Cl2N2O/c24-19-11-12-20(25)21(14-19)26-23(28)18-9-7-16(8-10-18)15-27-13-3-5-17-4-1-2-6-22(17)27/h1-2,4,6-12,14H,3,5,13,15H2,(H,26,28). The maximum Gasteiger partial charge on any atom is 0.255 e. The Bertz CT molecular complexity index is 1000. The van der Waals surface area contributed by atoms with Gasteiger partial charge in [-0.05, 0) is 60.4 Å². The van der Waals surface area contributed by atoms with Gasteiger partial charge in [-0.3, -0.25) is 4.79 Å². The van der Waals surface area contributed by atoms with E-state index < -0.39 is 0 Å². The minimum absolute atomic E-state index is 0.209. The molecule has 0 atom stereocenters. The predicted molar refractivity (Wildman–Crippen MR) is 117 cm³/mol. The van der Waals surface area contributed by atoms with E-state index in [2.05, 4.69) is 34.5 Å². The number of hydrogen-bond donors (Lipinski definition) is 1. The molecule has 0 radical (unpaired) electrons. The summed E-state index contributed by atoms with van der Waals surface area (Å²) >= 11 is 12.1. The Kier molecular flexibility index (Phi) is 5.56. The molecule has 28 heavy (non-hydrogen) atoms. The van der Waals surface area contributed by atoms with E-state index in [4.69, 9.17) is 23.2 Å². The van der Waals surface area contributed by atoms with Crippen LogP contribution in [0.3, 0.4) is 0 Å². The maximum absolute atomic E-state index is 12.5. The largest absolute Gasteiger partial charge is 0.367 e. The molecule has 1 heterocycles. The molecule has 1 aliphatic heterocycles. The van der Waals surface area contributed by atoms with Crippen LogP contribution in [0, 0.1) is 0 Å². The van der Waals surface area contributed by atoms with Crippen molar-refractivity contribution in [3.63, 3.8) is 0 Å². The molecule has 0 spiro atoms. The third-order valence-corrected chi connectivity index (χ3v) is 5.54. The van der Waals surface area contributed by atoms with Crippen molar-refractivity contribution in [1.29, 1.82) is 0 Å². The molecule has 142 valence electrons. The minimum atomic E-state index is -0.209. The number of carbonyl (C=O) groups excluding carboxylic acids is 1. The fraction of sp³-hybridized carbons (Fsp3) is 0.174. The van der Waals surface area contributed by atoms with E-state index in [1.54, 1.807) is 18.2 Å². The summed E-state index contributed by atoms with van der Waals surface area (Å²) in [7, 11) is 0. The van der Waals surface area contributed by atoms with E-state index >= 15 is 0 Å². The molecule has 3 aromatic rings. The van der Waals surface area contributed by atoms with Gasteiger partial charge in [0.1, 0.15) is 0 Å². The van der Waals surface area contributed by atoms with Crippen LogP contribution in [0.4, 0.5) is 11.4 Å². The molecule has 0 aromatic heterocycles. The molecule has 3 aromatic carbocycles. The van der Waals surface area contributed by atoms with Gasteiger partial charge in [0.15, 0.2) is 0 Å². The Morgan fingerprint density at radius 3 is 2.61 bits per heavy atom. The van der Waals surface area contributed by atoms with Crippen molar-refractivity contribution in [1.82, 2.24) is 0 Å². The number of rotatable bonds is 4. The summed E-state index contributed by atoms with van der Waals surface area (Å²) in [5.74, 6) is -0.209. The van der Waals surface area contributed by atoms with Gasteiger partial charge < -0.3 is 10.2 Å². The molecule has 0 bridgehead atoms. The molecule has 3 nitrogen and oxygen atoms in total. The van der Waals surface area contributed by atoms with E-state index in [-0.39, 0.29) is 5.91 Å². The summed E-state index contributed by atoms with van der Waals surface area (Å²) in [6.45, 7) is 1.88. The number of amides is 1. The fourth-order valence-corrected chi connectivity index (χ4v) is 3.88. The molecule has 0 fully saturated rings. The summed E-state index contributed by atoms with van der Waals surface area (Å²) in [6, 6.07) is 21.3. The maximum atomic E-state index is 12.5. The molecule has 0 saturated heterocycles. The number of nitrogens with one attached hydrogen (secondary N) is 1. The first-order valence-electron chi connectivity index (χ1n) is 9.28. The monoisotopic (exact) mass is 410 g/mol. The number of para-hydroxylation sites is 1. The van der Waals surface area contributed by atoms with E-state index in [9.17, 15) is 4.79 Å². The van der Waals surface area contributed by atoms with E-state index in [0.717, 1.165) is 25.9 Å². The van der Waals surface area contributed by atoms with Gasteiger partial charge in [-0.1, -0.05) is 53.5 Å². The Morgan fingerprint density at radius 1 is 1.00 bits per heavy atom. The van der Waals surface area contributed by atoms with E-state index in [0.29, 0.717) is 21.3 Å². The van der Waals surface area contributed by atoms with Gasteiger partial charge in [0.2, 0.25) is 0 Å². The highest BCUT2D eigenvalue weighted by atomic mass is 35.5. The van der Waals surface area contributed by atoms with Gasteiger partial charge >= 0.3 is 0 Å². The van der Waals surface area contributed by atoms with Gasteiger partial charge in [-0.25, -0.2) is 0 Å². The second-order valence-corrected chi connectivity index (χ2v) is 7.77. The topological polar surface area (TPSA) is 32.3 Å². The van der Waals surface area contributed by atoms with Gasteiger partial charge in [0, 0.05) is 29.4 Å². The number of nitrogens with zero attached hydrogens (tertiary/aromatic N) is 1. The number of anilines is 2. The second-order valence-electron chi connectivity index (χ2n) is 6.93. The number of benzene rings is 3. The van der Waals surface area contributed by atoms with Crippen LogP contribution in [0.5, 0.6) is 0 Å². The molecule has 4 rings (SSSR count). The molecule has 5 heteroatoms. The van der Waals surface area contributed by atoms with Crippen LogP contribution in [0.2, 0.25) is 10.0 Å². The number of aryl methyl sites for hydroxylation is 1. The first-order valence-corrected chi connectivity index (χ1v) is 10.0. The van der Waals surface area contributed by atoms with Crippen LogP contribution in [0.1, 0.15) is 27.9 Å². The lowest BCUT2D eigenvalue weighted by atomic mass is 10.0. The van der Waals surface area contributed by atoms with Crippen LogP contribution >= 0.6 is 23.2 Å². The number of hydrogen-bond acceptors (Lipinski definition) is 2. The minimum Gasteiger partial charge on any atom is -0.367 e. The quantitative estimate of drug-likeness (QED) is 0.555. The third-order valence-electron chi connectivity index (χ3n) is 4.97. The Hall–Kier alpha value is -2.49. The van der Waals surface area contributed by atoms with Crippen molar-refractivity contribution in [3.05, 3.63) is 93.5 Å². The smallest absolute Gasteiger partial charge is 0.255 e. The summed E-state index contributed by atoms with van der Waals surface area (Å²) in [4.78, 5) is 14.9. The highest BCUT2D eigenvalue weighted by Gasteiger charge is 2.16. The fourth-order valence-electron chi connectivity index (χ4n) is 3.55. The van der Waals surface area contributed by atoms with Crippen LogP contribution in [0.15, 0.2) is 66.7 Å². The summed E-state index contributed by atoms with van der Waals surface area (Å²) < 4.78 is 0. The van der Waals surface area contributed by atoms with E-state index in [1.165, 1.54) is 16.8 Å². The van der Waals surface area contributed by atoms with Gasteiger partial charge in [-0.15, -0.1) is 0 Å². The highest BCUT2D eigenvalue weighted by Crippen LogP contribution is 2.28. The van der Waals surface area contributed by atoms with Crippen molar-refractivity contribution in [3.8, 4) is 0 Å². The van der Waals surface area contributed by atoms with Gasteiger partial charge in [0.25, 0.3) is 5.91 Å². The van der Waals surface area contributed by atoms with Crippen LogP contribution in [-0.4, -0.2) is 12.5 Å². The number of carbonyl (C=O) groups is 1. The normalized spacial score (nSPS) is 13.1. The summed E-state index contributed by atoms with van der Waals surface area (Å²) in [5.41, 5.74) is 4.98. The van der Waals surface area contributed by atoms with Crippen molar-refractivity contribution >= 4 is 40.5 Å². The molecule has 1 amide bonds. The molecular formula is C23H20Cl2N2O. The molecular weight excluding hydrogens is 391 g/mol.